The number of fused-ring (bicyclic) bond motifs is 1. The lowest BCUT2D eigenvalue weighted by molar-refractivity contribution is 0.994. The van der Waals surface area contributed by atoms with E-state index in [1.54, 1.807) is 17.7 Å². The maximum atomic E-state index is 4.45. The Kier molecular flexibility index (Phi) is 4.44. The maximum Gasteiger partial charge on any atom is 0.138 e. The zero-order chi connectivity index (χ0) is 17.1. The zero-order valence-corrected chi connectivity index (χ0v) is 14.9. The van der Waals surface area contributed by atoms with Crippen LogP contribution in [0.25, 0.3) is 20.7 Å². The van der Waals surface area contributed by atoms with E-state index in [4.69, 9.17) is 0 Å². The first-order valence-corrected chi connectivity index (χ1v) is 9.21. The molecular weight excluding hydrogens is 326 g/mol. The molecule has 0 aliphatic carbocycles. The molecule has 2 aromatic carbocycles. The van der Waals surface area contributed by atoms with Gasteiger partial charge in [-0.3, -0.25) is 0 Å². The van der Waals surface area contributed by atoms with Crippen molar-refractivity contribution in [1.29, 1.82) is 0 Å². The summed E-state index contributed by atoms with van der Waals surface area (Å²) in [5.41, 5.74) is 3.92. The molecule has 0 fully saturated rings. The fourth-order valence-corrected chi connectivity index (χ4v) is 3.95. The molecule has 124 valence electrons. The van der Waals surface area contributed by atoms with Crippen LogP contribution in [-0.4, -0.2) is 16.5 Å². The minimum atomic E-state index is 0.855. The van der Waals surface area contributed by atoms with Gasteiger partial charge in [-0.15, -0.1) is 11.3 Å². The largest absolute Gasteiger partial charge is 0.369 e. The van der Waals surface area contributed by atoms with Crippen LogP contribution >= 0.6 is 11.3 Å². The molecule has 0 radical (unpaired) electrons. The van der Waals surface area contributed by atoms with Gasteiger partial charge in [0, 0.05) is 11.4 Å². The second-order valence-corrected chi connectivity index (χ2v) is 7.05. The molecule has 1 N–H and O–H groups in total. The first-order valence-electron chi connectivity index (χ1n) is 8.39. The fraction of sp³-hybridized carbons (Fsp3) is 0.143. The van der Waals surface area contributed by atoms with Gasteiger partial charge in [0.05, 0.1) is 5.39 Å². The SMILES string of the molecule is Cc1ccccc1CCNc1ncnc2sc(-c3ccccc3)cc12. The Hall–Kier alpha value is -2.72. The molecule has 0 saturated carbocycles. The van der Waals surface area contributed by atoms with Crippen molar-refractivity contribution in [3.8, 4) is 10.4 Å². The molecule has 4 rings (SSSR count). The maximum absolute atomic E-state index is 4.45. The number of rotatable bonds is 5. The van der Waals surface area contributed by atoms with Gasteiger partial charge in [0.25, 0.3) is 0 Å². The van der Waals surface area contributed by atoms with Gasteiger partial charge in [-0.1, -0.05) is 54.6 Å². The molecule has 25 heavy (non-hydrogen) atoms. The normalized spacial score (nSPS) is 10.9. The molecular formula is C21H19N3S. The van der Waals surface area contributed by atoms with E-state index in [-0.39, 0.29) is 0 Å². The molecule has 0 bridgehead atoms. The number of hydrogen-bond acceptors (Lipinski definition) is 4. The van der Waals surface area contributed by atoms with E-state index in [0.29, 0.717) is 0 Å². The topological polar surface area (TPSA) is 37.8 Å². The quantitative estimate of drug-likeness (QED) is 0.532. The summed E-state index contributed by atoms with van der Waals surface area (Å²) in [6.45, 7) is 3.01. The number of aryl methyl sites for hydroxylation is 1. The third-order valence-electron chi connectivity index (χ3n) is 4.34. The Morgan fingerprint density at radius 2 is 1.76 bits per heavy atom. The summed E-state index contributed by atoms with van der Waals surface area (Å²) in [5.74, 6) is 0.914. The average Bonchev–Trinajstić information content (AvgIpc) is 3.09. The van der Waals surface area contributed by atoms with E-state index >= 15 is 0 Å². The lowest BCUT2D eigenvalue weighted by Gasteiger charge is -2.08. The average molecular weight is 345 g/mol. The minimum Gasteiger partial charge on any atom is -0.369 e. The predicted molar refractivity (Wildman–Crippen MR) is 106 cm³/mol. The van der Waals surface area contributed by atoms with Crippen molar-refractivity contribution in [3.63, 3.8) is 0 Å². The van der Waals surface area contributed by atoms with Gasteiger partial charge in [0.1, 0.15) is 17.0 Å². The van der Waals surface area contributed by atoms with Gasteiger partial charge in [0.15, 0.2) is 0 Å². The highest BCUT2D eigenvalue weighted by atomic mass is 32.1. The van der Waals surface area contributed by atoms with Crippen LogP contribution in [-0.2, 0) is 6.42 Å². The van der Waals surface area contributed by atoms with Crippen molar-refractivity contribution in [2.24, 2.45) is 0 Å². The molecule has 0 atom stereocenters. The molecule has 4 heteroatoms. The molecule has 3 nitrogen and oxygen atoms in total. The Balaban J connectivity index is 1.56. The summed E-state index contributed by atoms with van der Waals surface area (Å²) in [5, 5.41) is 4.58. The molecule has 2 aromatic heterocycles. The van der Waals surface area contributed by atoms with Gasteiger partial charge in [-0.05, 0) is 36.1 Å². The van der Waals surface area contributed by atoms with Crippen LogP contribution < -0.4 is 5.32 Å². The molecule has 4 aromatic rings. The van der Waals surface area contributed by atoms with Crippen LogP contribution in [0, 0.1) is 6.92 Å². The van der Waals surface area contributed by atoms with Crippen LogP contribution in [0.2, 0.25) is 0 Å². The highest BCUT2D eigenvalue weighted by Gasteiger charge is 2.10. The minimum absolute atomic E-state index is 0.855. The summed E-state index contributed by atoms with van der Waals surface area (Å²) >= 11 is 1.71. The highest BCUT2D eigenvalue weighted by molar-refractivity contribution is 7.21. The fourth-order valence-electron chi connectivity index (χ4n) is 2.95. The van der Waals surface area contributed by atoms with Crippen molar-refractivity contribution >= 4 is 27.4 Å². The first kappa shape index (κ1) is 15.8. The van der Waals surface area contributed by atoms with Crippen molar-refractivity contribution in [1.82, 2.24) is 9.97 Å². The van der Waals surface area contributed by atoms with E-state index in [1.165, 1.54) is 21.6 Å². The smallest absolute Gasteiger partial charge is 0.138 e. The molecule has 0 aliphatic rings. The molecule has 0 spiro atoms. The van der Waals surface area contributed by atoms with Gasteiger partial charge >= 0.3 is 0 Å². The van der Waals surface area contributed by atoms with E-state index in [2.05, 4.69) is 76.8 Å². The monoisotopic (exact) mass is 345 g/mol. The summed E-state index contributed by atoms with van der Waals surface area (Å²) in [7, 11) is 0. The number of benzene rings is 2. The van der Waals surface area contributed by atoms with Crippen molar-refractivity contribution in [2.45, 2.75) is 13.3 Å². The second kappa shape index (κ2) is 7.03. The molecule has 0 amide bonds. The number of nitrogens with zero attached hydrogens (tertiary/aromatic N) is 2. The van der Waals surface area contributed by atoms with Crippen LogP contribution in [0.4, 0.5) is 5.82 Å². The Bertz CT molecular complexity index is 992. The van der Waals surface area contributed by atoms with Crippen molar-refractivity contribution in [2.75, 3.05) is 11.9 Å². The number of thiophene rings is 1. The first-order chi connectivity index (χ1) is 12.3. The van der Waals surface area contributed by atoms with Crippen molar-refractivity contribution < 1.29 is 0 Å². The molecule has 2 heterocycles. The number of anilines is 1. The zero-order valence-electron chi connectivity index (χ0n) is 14.1. The number of hydrogen-bond donors (Lipinski definition) is 1. The third-order valence-corrected chi connectivity index (χ3v) is 5.43. The van der Waals surface area contributed by atoms with E-state index in [0.717, 1.165) is 29.0 Å². The standard InChI is InChI=1S/C21H19N3S/c1-15-7-5-6-8-16(15)11-12-22-20-18-13-19(17-9-3-2-4-10-17)25-21(18)24-14-23-20/h2-10,13-14H,11-12H2,1H3,(H,22,23,24). The summed E-state index contributed by atoms with van der Waals surface area (Å²) in [4.78, 5) is 11.1. The van der Waals surface area contributed by atoms with Gasteiger partial charge in [0.2, 0.25) is 0 Å². The lowest BCUT2D eigenvalue weighted by atomic mass is 10.1. The molecule has 0 aliphatic heterocycles. The van der Waals surface area contributed by atoms with Crippen LogP contribution in [0.1, 0.15) is 11.1 Å². The Morgan fingerprint density at radius 3 is 2.60 bits per heavy atom. The van der Waals surface area contributed by atoms with Crippen LogP contribution in [0.5, 0.6) is 0 Å². The third kappa shape index (κ3) is 3.39. The summed E-state index contributed by atoms with van der Waals surface area (Å²) < 4.78 is 0. The Morgan fingerprint density at radius 1 is 0.960 bits per heavy atom. The molecule has 0 saturated heterocycles. The van der Waals surface area contributed by atoms with Gasteiger partial charge < -0.3 is 5.32 Å². The second-order valence-electron chi connectivity index (χ2n) is 6.02. The Labute approximate surface area is 151 Å². The molecule has 0 unspecified atom stereocenters. The lowest BCUT2D eigenvalue weighted by Crippen LogP contribution is -2.07. The van der Waals surface area contributed by atoms with E-state index in [9.17, 15) is 0 Å². The van der Waals surface area contributed by atoms with E-state index < -0.39 is 0 Å². The van der Waals surface area contributed by atoms with E-state index in [1.807, 2.05) is 6.07 Å². The van der Waals surface area contributed by atoms with Gasteiger partial charge in [-0.25, -0.2) is 9.97 Å². The van der Waals surface area contributed by atoms with Crippen molar-refractivity contribution in [3.05, 3.63) is 78.1 Å². The summed E-state index contributed by atoms with van der Waals surface area (Å²) in [6.07, 6.45) is 2.62. The van der Waals surface area contributed by atoms with Gasteiger partial charge in [-0.2, -0.15) is 0 Å². The number of nitrogens with one attached hydrogen (secondary N) is 1. The van der Waals surface area contributed by atoms with Crippen LogP contribution in [0.3, 0.4) is 0 Å². The predicted octanol–water partition coefficient (Wildman–Crippen LogP) is 5.32. The number of aromatic nitrogens is 2. The highest BCUT2D eigenvalue weighted by Crippen LogP contribution is 2.34. The summed E-state index contributed by atoms with van der Waals surface area (Å²) in [6, 6.07) is 21.1. The van der Waals surface area contributed by atoms with Crippen LogP contribution in [0.15, 0.2) is 67.0 Å².